The van der Waals surface area contributed by atoms with Crippen molar-refractivity contribution in [3.05, 3.63) is 65.2 Å². The van der Waals surface area contributed by atoms with Gasteiger partial charge in [0.1, 0.15) is 0 Å². The summed E-state index contributed by atoms with van der Waals surface area (Å²) in [6.45, 7) is 0.388. The molecule has 0 aromatic heterocycles. The molecule has 0 saturated heterocycles. The molecule has 132 valence electrons. The third kappa shape index (κ3) is 5.15. The summed E-state index contributed by atoms with van der Waals surface area (Å²) < 4.78 is 27.7. The van der Waals surface area contributed by atoms with Gasteiger partial charge in [-0.1, -0.05) is 18.2 Å². The molecule has 0 heterocycles. The van der Waals surface area contributed by atoms with E-state index < -0.39 is 15.8 Å². The van der Waals surface area contributed by atoms with Crippen molar-refractivity contribution in [2.24, 2.45) is 0 Å². The lowest BCUT2D eigenvalue weighted by atomic mass is 10.1. The third-order valence-corrected chi connectivity index (χ3v) is 4.71. The van der Waals surface area contributed by atoms with Crippen LogP contribution in [0.1, 0.15) is 26.3 Å². The van der Waals surface area contributed by atoms with Gasteiger partial charge < -0.3 is 10.1 Å². The first-order chi connectivity index (χ1) is 11.8. The van der Waals surface area contributed by atoms with E-state index in [2.05, 4.69) is 10.1 Å². The quantitative estimate of drug-likeness (QED) is 0.793. The Balaban J connectivity index is 1.93. The van der Waals surface area contributed by atoms with Crippen LogP contribution in [0.25, 0.3) is 0 Å². The minimum Gasteiger partial charge on any atom is -0.465 e. The number of nitrogens with one attached hydrogen (secondary N) is 1. The summed E-state index contributed by atoms with van der Waals surface area (Å²) in [4.78, 5) is 23.6. The summed E-state index contributed by atoms with van der Waals surface area (Å²) in [5, 5.41) is 2.75. The maximum Gasteiger partial charge on any atom is 0.337 e. The average Bonchev–Trinajstić information content (AvgIpc) is 2.61. The Morgan fingerprint density at radius 2 is 1.72 bits per heavy atom. The van der Waals surface area contributed by atoms with Gasteiger partial charge in [0, 0.05) is 18.4 Å². The molecule has 1 N–H and O–H groups in total. The number of benzene rings is 2. The number of carbonyl (C=O) groups is 2. The molecular formula is C18H19NO5S. The zero-order valence-corrected chi connectivity index (χ0v) is 14.8. The second-order valence-corrected chi connectivity index (χ2v) is 7.51. The Hall–Kier alpha value is -2.67. The summed E-state index contributed by atoms with van der Waals surface area (Å²) in [5.74, 6) is -0.734. The zero-order chi connectivity index (χ0) is 18.4. The molecule has 7 heteroatoms. The summed E-state index contributed by atoms with van der Waals surface area (Å²) >= 11 is 0. The molecule has 0 aliphatic carbocycles. The van der Waals surface area contributed by atoms with Crippen LogP contribution in [-0.4, -0.2) is 40.2 Å². The number of hydrogen-bond donors (Lipinski definition) is 1. The van der Waals surface area contributed by atoms with E-state index in [9.17, 15) is 18.0 Å². The SMILES string of the molecule is COC(=O)c1ccc(CCNC(=O)c2cccc(S(C)(=O)=O)c2)cc1. The highest BCUT2D eigenvalue weighted by Gasteiger charge is 2.11. The maximum absolute atomic E-state index is 12.1. The molecule has 0 bridgehead atoms. The van der Waals surface area contributed by atoms with Crippen LogP contribution in [0.5, 0.6) is 0 Å². The number of rotatable bonds is 6. The summed E-state index contributed by atoms with van der Waals surface area (Å²) in [6, 6.07) is 12.8. The van der Waals surface area contributed by atoms with E-state index in [1.165, 1.54) is 25.3 Å². The van der Waals surface area contributed by atoms with Crippen molar-refractivity contribution in [1.82, 2.24) is 5.32 Å². The van der Waals surface area contributed by atoms with Crippen LogP contribution < -0.4 is 5.32 Å². The molecule has 0 spiro atoms. The van der Waals surface area contributed by atoms with Crippen molar-refractivity contribution >= 4 is 21.7 Å². The first-order valence-corrected chi connectivity index (χ1v) is 9.46. The normalized spacial score (nSPS) is 11.0. The molecule has 2 aromatic rings. The highest BCUT2D eigenvalue weighted by Crippen LogP contribution is 2.11. The fourth-order valence-corrected chi connectivity index (χ4v) is 2.88. The maximum atomic E-state index is 12.1. The number of methoxy groups -OCH3 is 1. The van der Waals surface area contributed by atoms with Gasteiger partial charge in [0.15, 0.2) is 9.84 Å². The molecule has 1 amide bonds. The fourth-order valence-electron chi connectivity index (χ4n) is 2.22. The molecule has 0 atom stereocenters. The van der Waals surface area contributed by atoms with E-state index in [1.54, 1.807) is 30.3 Å². The van der Waals surface area contributed by atoms with Crippen molar-refractivity contribution in [3.8, 4) is 0 Å². The number of hydrogen-bond acceptors (Lipinski definition) is 5. The summed E-state index contributed by atoms with van der Waals surface area (Å²) in [7, 11) is -2.03. The number of amides is 1. The molecule has 2 aromatic carbocycles. The van der Waals surface area contributed by atoms with E-state index in [1.807, 2.05) is 0 Å². The standard InChI is InChI=1S/C18H19NO5S/c1-24-18(21)14-8-6-13(7-9-14)10-11-19-17(20)15-4-3-5-16(12-15)25(2,22)23/h3-9,12H,10-11H2,1-2H3,(H,19,20). The van der Waals surface area contributed by atoms with Crippen molar-refractivity contribution in [2.45, 2.75) is 11.3 Å². The van der Waals surface area contributed by atoms with E-state index in [-0.39, 0.29) is 10.8 Å². The summed E-state index contributed by atoms with van der Waals surface area (Å²) in [6.07, 6.45) is 1.68. The van der Waals surface area contributed by atoms with Gasteiger partial charge in [-0.05, 0) is 42.3 Å². The van der Waals surface area contributed by atoms with Gasteiger partial charge in [0.25, 0.3) is 5.91 Å². The van der Waals surface area contributed by atoms with E-state index in [0.29, 0.717) is 24.1 Å². The Morgan fingerprint density at radius 1 is 1.04 bits per heavy atom. The van der Waals surface area contributed by atoms with E-state index >= 15 is 0 Å². The molecular weight excluding hydrogens is 342 g/mol. The molecule has 0 aliphatic rings. The van der Waals surface area contributed by atoms with E-state index in [0.717, 1.165) is 11.8 Å². The first-order valence-electron chi connectivity index (χ1n) is 7.57. The van der Waals surface area contributed by atoms with Crippen LogP contribution in [0.2, 0.25) is 0 Å². The predicted molar refractivity (Wildman–Crippen MR) is 93.4 cm³/mol. The van der Waals surface area contributed by atoms with Crippen LogP contribution in [0.3, 0.4) is 0 Å². The van der Waals surface area contributed by atoms with Gasteiger partial charge in [-0.15, -0.1) is 0 Å². The topological polar surface area (TPSA) is 89.5 Å². The largest absolute Gasteiger partial charge is 0.465 e. The fraction of sp³-hybridized carbons (Fsp3) is 0.222. The smallest absolute Gasteiger partial charge is 0.337 e. The van der Waals surface area contributed by atoms with Crippen molar-refractivity contribution < 1.29 is 22.7 Å². The van der Waals surface area contributed by atoms with Crippen molar-refractivity contribution in [1.29, 1.82) is 0 Å². The molecule has 0 radical (unpaired) electrons. The van der Waals surface area contributed by atoms with Crippen LogP contribution in [0.4, 0.5) is 0 Å². The lowest BCUT2D eigenvalue weighted by Crippen LogP contribution is -2.25. The van der Waals surface area contributed by atoms with Gasteiger partial charge in [-0.2, -0.15) is 0 Å². The predicted octanol–water partition coefficient (Wildman–Crippen LogP) is 1.85. The summed E-state index contributed by atoms with van der Waals surface area (Å²) in [5.41, 5.74) is 1.72. The Bertz CT molecular complexity index is 873. The highest BCUT2D eigenvalue weighted by atomic mass is 32.2. The number of ether oxygens (including phenoxy) is 1. The molecule has 2 rings (SSSR count). The lowest BCUT2D eigenvalue weighted by molar-refractivity contribution is 0.0600. The molecule has 0 saturated carbocycles. The molecule has 25 heavy (non-hydrogen) atoms. The minimum atomic E-state index is -3.35. The molecule has 0 fully saturated rings. The van der Waals surface area contributed by atoms with Crippen molar-refractivity contribution in [3.63, 3.8) is 0 Å². The van der Waals surface area contributed by atoms with Crippen molar-refractivity contribution in [2.75, 3.05) is 19.9 Å². The van der Waals surface area contributed by atoms with Crippen LogP contribution >= 0.6 is 0 Å². The number of sulfone groups is 1. The highest BCUT2D eigenvalue weighted by molar-refractivity contribution is 7.90. The molecule has 6 nitrogen and oxygen atoms in total. The number of esters is 1. The molecule has 0 unspecified atom stereocenters. The third-order valence-electron chi connectivity index (χ3n) is 3.60. The van der Waals surface area contributed by atoms with Gasteiger partial charge in [0.2, 0.25) is 0 Å². The average molecular weight is 361 g/mol. The van der Waals surface area contributed by atoms with E-state index in [4.69, 9.17) is 0 Å². The van der Waals surface area contributed by atoms with Gasteiger partial charge in [0.05, 0.1) is 17.6 Å². The Kier molecular flexibility index (Phi) is 5.93. The number of carbonyl (C=O) groups excluding carboxylic acids is 2. The van der Waals surface area contributed by atoms with Crippen LogP contribution in [0.15, 0.2) is 53.4 Å². The Morgan fingerprint density at radius 3 is 2.32 bits per heavy atom. The lowest BCUT2D eigenvalue weighted by Gasteiger charge is -2.07. The van der Waals surface area contributed by atoms with Gasteiger partial charge >= 0.3 is 5.97 Å². The second kappa shape index (κ2) is 7.94. The molecule has 0 aliphatic heterocycles. The van der Waals surface area contributed by atoms with Crippen LogP contribution in [-0.2, 0) is 21.0 Å². The Labute approximate surface area is 146 Å². The zero-order valence-electron chi connectivity index (χ0n) is 14.0. The monoisotopic (exact) mass is 361 g/mol. The van der Waals surface area contributed by atoms with Gasteiger partial charge in [-0.3, -0.25) is 4.79 Å². The second-order valence-electron chi connectivity index (χ2n) is 5.49. The minimum absolute atomic E-state index is 0.110. The van der Waals surface area contributed by atoms with Gasteiger partial charge in [-0.25, -0.2) is 13.2 Å². The first kappa shape index (κ1) is 18.7. The van der Waals surface area contributed by atoms with Crippen LogP contribution in [0, 0.1) is 0 Å².